The van der Waals surface area contributed by atoms with Crippen LogP contribution < -0.4 is 4.90 Å². The topological polar surface area (TPSA) is 29.0 Å². The van der Waals surface area contributed by atoms with Crippen molar-refractivity contribution < 1.29 is 4.39 Å². The van der Waals surface area contributed by atoms with Gasteiger partial charge in [-0.05, 0) is 36.2 Å². The second-order valence-electron chi connectivity index (χ2n) is 4.19. The standard InChI is InChI=1S/C13H11ClFN3/c14-8-11-3-4-13(17-16-11)18-6-5-9-1-2-10(15)7-12(9)18/h1-4,7H,5-6,8H2. The second-order valence-corrected chi connectivity index (χ2v) is 4.46. The summed E-state index contributed by atoms with van der Waals surface area (Å²) in [5, 5.41) is 8.15. The lowest BCUT2D eigenvalue weighted by Gasteiger charge is -2.17. The van der Waals surface area contributed by atoms with Gasteiger partial charge in [0.15, 0.2) is 5.82 Å². The molecule has 2 heterocycles. The second kappa shape index (κ2) is 4.53. The lowest BCUT2D eigenvalue weighted by atomic mass is 10.2. The van der Waals surface area contributed by atoms with E-state index in [4.69, 9.17) is 11.6 Å². The predicted octanol–water partition coefficient (Wildman–Crippen LogP) is 3.05. The van der Waals surface area contributed by atoms with Crippen molar-refractivity contribution in [2.24, 2.45) is 0 Å². The van der Waals surface area contributed by atoms with E-state index in [0.29, 0.717) is 5.88 Å². The number of alkyl halides is 1. The fourth-order valence-corrected chi connectivity index (χ4v) is 2.30. The van der Waals surface area contributed by atoms with Crippen molar-refractivity contribution in [3.8, 4) is 0 Å². The molecule has 0 bridgehead atoms. The van der Waals surface area contributed by atoms with Gasteiger partial charge >= 0.3 is 0 Å². The van der Waals surface area contributed by atoms with E-state index >= 15 is 0 Å². The van der Waals surface area contributed by atoms with Crippen LogP contribution in [0.3, 0.4) is 0 Å². The Morgan fingerprint density at radius 2 is 2.11 bits per heavy atom. The molecule has 92 valence electrons. The minimum atomic E-state index is -0.231. The van der Waals surface area contributed by atoms with E-state index in [2.05, 4.69) is 10.2 Å². The van der Waals surface area contributed by atoms with E-state index in [-0.39, 0.29) is 5.82 Å². The Hall–Kier alpha value is -1.68. The summed E-state index contributed by atoms with van der Waals surface area (Å²) in [6.45, 7) is 0.799. The molecule has 0 aliphatic carbocycles. The molecule has 0 amide bonds. The highest BCUT2D eigenvalue weighted by Gasteiger charge is 2.22. The van der Waals surface area contributed by atoms with Crippen LogP contribution in [0.5, 0.6) is 0 Å². The number of benzene rings is 1. The fourth-order valence-electron chi connectivity index (χ4n) is 2.16. The summed E-state index contributed by atoms with van der Waals surface area (Å²) in [4.78, 5) is 1.98. The Balaban J connectivity index is 1.97. The monoisotopic (exact) mass is 263 g/mol. The lowest BCUT2D eigenvalue weighted by Crippen LogP contribution is -2.15. The molecular formula is C13H11ClFN3. The summed E-state index contributed by atoms with van der Waals surface area (Å²) in [5.41, 5.74) is 2.75. The summed E-state index contributed by atoms with van der Waals surface area (Å²) in [6, 6.07) is 8.56. The molecule has 2 aromatic rings. The summed E-state index contributed by atoms with van der Waals surface area (Å²) >= 11 is 5.68. The minimum Gasteiger partial charge on any atom is -0.324 e. The maximum absolute atomic E-state index is 13.3. The van der Waals surface area contributed by atoms with Gasteiger partial charge in [-0.1, -0.05) is 6.07 Å². The first-order chi connectivity index (χ1) is 8.78. The van der Waals surface area contributed by atoms with Gasteiger partial charge in [-0.2, -0.15) is 5.10 Å². The Bertz CT molecular complexity index is 571. The van der Waals surface area contributed by atoms with Gasteiger partial charge in [0, 0.05) is 12.2 Å². The van der Waals surface area contributed by atoms with Crippen molar-refractivity contribution >= 4 is 23.1 Å². The molecule has 0 radical (unpaired) electrons. The highest BCUT2D eigenvalue weighted by Crippen LogP contribution is 2.33. The van der Waals surface area contributed by atoms with Gasteiger partial charge in [-0.3, -0.25) is 0 Å². The van der Waals surface area contributed by atoms with E-state index in [0.717, 1.165) is 35.7 Å². The van der Waals surface area contributed by atoms with Crippen LogP contribution >= 0.6 is 11.6 Å². The number of hydrogen-bond acceptors (Lipinski definition) is 3. The van der Waals surface area contributed by atoms with E-state index in [9.17, 15) is 4.39 Å². The summed E-state index contributed by atoms with van der Waals surface area (Å²) < 4.78 is 13.3. The molecule has 18 heavy (non-hydrogen) atoms. The third-order valence-corrected chi connectivity index (χ3v) is 3.34. The van der Waals surface area contributed by atoms with Gasteiger partial charge in [-0.25, -0.2) is 4.39 Å². The van der Waals surface area contributed by atoms with E-state index in [1.807, 2.05) is 23.1 Å². The van der Waals surface area contributed by atoms with E-state index in [1.165, 1.54) is 6.07 Å². The van der Waals surface area contributed by atoms with Crippen LogP contribution in [0.25, 0.3) is 0 Å². The number of anilines is 2. The van der Waals surface area contributed by atoms with Crippen molar-refractivity contribution in [2.75, 3.05) is 11.4 Å². The molecule has 1 aromatic heterocycles. The SMILES string of the molecule is Fc1ccc2c(c1)N(c1ccc(CCl)nn1)CC2. The molecule has 1 aliphatic rings. The first kappa shape index (κ1) is 11.4. The minimum absolute atomic E-state index is 0.231. The van der Waals surface area contributed by atoms with E-state index in [1.54, 1.807) is 6.07 Å². The van der Waals surface area contributed by atoms with Gasteiger partial charge in [0.1, 0.15) is 5.82 Å². The normalized spacial score (nSPS) is 13.8. The lowest BCUT2D eigenvalue weighted by molar-refractivity contribution is 0.628. The van der Waals surface area contributed by atoms with Gasteiger partial charge in [-0.15, -0.1) is 16.7 Å². The van der Waals surface area contributed by atoms with E-state index < -0.39 is 0 Å². The molecule has 3 rings (SSSR count). The van der Waals surface area contributed by atoms with Crippen LogP contribution in [0, 0.1) is 5.82 Å². The van der Waals surface area contributed by atoms with Gasteiger partial charge in [0.2, 0.25) is 0 Å². The number of rotatable bonds is 2. The van der Waals surface area contributed by atoms with Gasteiger partial charge < -0.3 is 4.90 Å². The Kier molecular flexibility index (Phi) is 2.88. The van der Waals surface area contributed by atoms with Crippen LogP contribution in [0.2, 0.25) is 0 Å². The zero-order valence-electron chi connectivity index (χ0n) is 9.61. The summed E-state index contributed by atoms with van der Waals surface area (Å²) in [7, 11) is 0. The van der Waals surface area contributed by atoms with Crippen molar-refractivity contribution in [3.05, 3.63) is 47.4 Å². The first-order valence-corrected chi connectivity index (χ1v) is 6.26. The smallest absolute Gasteiger partial charge is 0.155 e. The molecule has 0 saturated heterocycles. The first-order valence-electron chi connectivity index (χ1n) is 5.72. The van der Waals surface area contributed by atoms with Crippen molar-refractivity contribution in [1.82, 2.24) is 10.2 Å². The Morgan fingerprint density at radius 1 is 1.22 bits per heavy atom. The molecule has 0 unspecified atom stereocenters. The fraction of sp³-hybridized carbons (Fsp3) is 0.231. The third-order valence-electron chi connectivity index (χ3n) is 3.06. The molecule has 0 spiro atoms. The number of halogens is 2. The maximum atomic E-state index is 13.3. The average Bonchev–Trinajstić information content (AvgIpc) is 2.82. The molecule has 0 N–H and O–H groups in total. The Morgan fingerprint density at radius 3 is 2.83 bits per heavy atom. The molecule has 3 nitrogen and oxygen atoms in total. The summed E-state index contributed by atoms with van der Waals surface area (Å²) in [5.74, 6) is 0.845. The number of fused-ring (bicyclic) bond motifs is 1. The van der Waals surface area contributed by atoms with Crippen molar-refractivity contribution in [3.63, 3.8) is 0 Å². The number of hydrogen-bond donors (Lipinski definition) is 0. The zero-order valence-corrected chi connectivity index (χ0v) is 10.4. The molecular weight excluding hydrogens is 253 g/mol. The predicted molar refractivity (Wildman–Crippen MR) is 68.7 cm³/mol. The quantitative estimate of drug-likeness (QED) is 0.780. The third kappa shape index (κ3) is 1.93. The maximum Gasteiger partial charge on any atom is 0.155 e. The number of aromatic nitrogens is 2. The largest absolute Gasteiger partial charge is 0.324 e. The molecule has 0 atom stereocenters. The van der Waals surface area contributed by atoms with Crippen LogP contribution in [0.4, 0.5) is 15.9 Å². The van der Waals surface area contributed by atoms with Crippen LogP contribution in [0.15, 0.2) is 30.3 Å². The van der Waals surface area contributed by atoms with Crippen LogP contribution in [0.1, 0.15) is 11.3 Å². The number of nitrogens with zero attached hydrogens (tertiary/aromatic N) is 3. The zero-order chi connectivity index (χ0) is 12.5. The van der Waals surface area contributed by atoms with Crippen molar-refractivity contribution in [1.29, 1.82) is 0 Å². The highest BCUT2D eigenvalue weighted by atomic mass is 35.5. The van der Waals surface area contributed by atoms with Gasteiger partial charge in [0.05, 0.1) is 11.6 Å². The van der Waals surface area contributed by atoms with Crippen LogP contribution in [-0.4, -0.2) is 16.7 Å². The average molecular weight is 264 g/mol. The molecule has 5 heteroatoms. The van der Waals surface area contributed by atoms with Gasteiger partial charge in [0.25, 0.3) is 0 Å². The Labute approximate surface area is 109 Å². The molecule has 1 aliphatic heterocycles. The van der Waals surface area contributed by atoms with Crippen LogP contribution in [-0.2, 0) is 12.3 Å². The van der Waals surface area contributed by atoms with Crippen molar-refractivity contribution in [2.45, 2.75) is 12.3 Å². The highest BCUT2D eigenvalue weighted by molar-refractivity contribution is 6.16. The molecule has 0 fully saturated rings. The summed E-state index contributed by atoms with van der Waals surface area (Å²) in [6.07, 6.45) is 0.897. The molecule has 0 saturated carbocycles. The molecule has 1 aromatic carbocycles.